The fourth-order valence-electron chi connectivity index (χ4n) is 2.60. The highest BCUT2D eigenvalue weighted by Gasteiger charge is 2.27. The van der Waals surface area contributed by atoms with Crippen LogP contribution in [0.1, 0.15) is 28.5 Å². The number of rotatable bonds is 6. The Hall–Kier alpha value is -2.65. The van der Waals surface area contributed by atoms with Crippen molar-refractivity contribution in [2.45, 2.75) is 19.5 Å². The molecule has 1 aliphatic heterocycles. The van der Waals surface area contributed by atoms with Crippen LogP contribution in [0.4, 0.5) is 0 Å². The van der Waals surface area contributed by atoms with Crippen molar-refractivity contribution >= 4 is 17.2 Å². The second-order valence-corrected chi connectivity index (χ2v) is 7.23. The van der Waals surface area contributed by atoms with Crippen LogP contribution < -0.4 is 5.32 Å². The molecule has 9 heteroatoms. The Bertz CT molecular complexity index is 890. The van der Waals surface area contributed by atoms with Gasteiger partial charge in [-0.3, -0.25) is 4.79 Å². The molecule has 8 nitrogen and oxygen atoms in total. The monoisotopic (exact) mass is 370 g/mol. The lowest BCUT2D eigenvalue weighted by Crippen LogP contribution is -2.34. The normalized spacial score (nSPS) is 15.4. The van der Waals surface area contributed by atoms with E-state index in [2.05, 4.69) is 32.7 Å². The Balaban J connectivity index is 1.35. The zero-order valence-electron chi connectivity index (χ0n) is 14.2. The van der Waals surface area contributed by atoms with Crippen molar-refractivity contribution in [1.29, 1.82) is 0 Å². The first-order valence-electron chi connectivity index (χ1n) is 8.36. The van der Waals surface area contributed by atoms with Gasteiger partial charge in [0.05, 0.1) is 32.0 Å². The fourth-order valence-corrected chi connectivity index (χ4v) is 3.38. The van der Waals surface area contributed by atoms with E-state index in [1.807, 2.05) is 30.3 Å². The smallest absolute Gasteiger partial charge is 0.273 e. The molecule has 1 fully saturated rings. The minimum Gasteiger partial charge on any atom is -0.381 e. The highest BCUT2D eigenvalue weighted by atomic mass is 32.1. The van der Waals surface area contributed by atoms with E-state index in [4.69, 9.17) is 4.74 Å². The molecule has 26 heavy (non-hydrogen) atoms. The first kappa shape index (κ1) is 16.8. The largest absolute Gasteiger partial charge is 0.381 e. The predicted octanol–water partition coefficient (Wildman–Crippen LogP) is 1.93. The van der Waals surface area contributed by atoms with Gasteiger partial charge in [0, 0.05) is 11.5 Å². The van der Waals surface area contributed by atoms with Gasteiger partial charge in [-0.15, -0.1) is 15.3 Å². The molecule has 0 bridgehead atoms. The van der Waals surface area contributed by atoms with E-state index in [1.54, 1.807) is 10.9 Å². The molecule has 1 aliphatic rings. The number of aromatic nitrogens is 5. The van der Waals surface area contributed by atoms with Crippen LogP contribution in [0.3, 0.4) is 0 Å². The summed E-state index contributed by atoms with van der Waals surface area (Å²) in [6.07, 6.45) is 1.67. The standard InChI is InChI=1S/C17H18N6O2S/c1-11(13-9-25-10-13)23-8-14(19-22-23)16(24)18-7-15-20-21-17(26-15)12-5-3-2-4-6-12/h2-6,8,11,13H,7,9-10H2,1H3,(H,18,24)/t11-/m0/s1. The molecule has 0 saturated carbocycles. The van der Waals surface area contributed by atoms with Gasteiger partial charge in [-0.1, -0.05) is 46.9 Å². The molecule has 1 aromatic carbocycles. The van der Waals surface area contributed by atoms with Crippen LogP contribution >= 0.6 is 11.3 Å². The summed E-state index contributed by atoms with van der Waals surface area (Å²) >= 11 is 1.46. The van der Waals surface area contributed by atoms with E-state index in [1.165, 1.54) is 11.3 Å². The van der Waals surface area contributed by atoms with Crippen LogP contribution in [0.5, 0.6) is 0 Å². The number of ether oxygens (including phenoxy) is 1. The molecule has 1 atom stereocenters. The third-order valence-corrected chi connectivity index (χ3v) is 5.37. The molecule has 2 aromatic heterocycles. The Morgan fingerprint density at radius 1 is 1.31 bits per heavy atom. The first-order chi connectivity index (χ1) is 12.7. The molecule has 0 unspecified atom stereocenters. The molecule has 1 saturated heterocycles. The van der Waals surface area contributed by atoms with Gasteiger partial charge in [0.1, 0.15) is 10.0 Å². The van der Waals surface area contributed by atoms with Crippen molar-refractivity contribution < 1.29 is 9.53 Å². The number of carbonyl (C=O) groups excluding carboxylic acids is 1. The van der Waals surface area contributed by atoms with E-state index in [-0.39, 0.29) is 11.9 Å². The van der Waals surface area contributed by atoms with Crippen molar-refractivity contribution in [3.8, 4) is 10.6 Å². The summed E-state index contributed by atoms with van der Waals surface area (Å²) in [6.45, 7) is 3.81. The molecule has 0 spiro atoms. The van der Waals surface area contributed by atoms with Crippen molar-refractivity contribution in [2.75, 3.05) is 13.2 Å². The topological polar surface area (TPSA) is 94.8 Å². The van der Waals surface area contributed by atoms with E-state index >= 15 is 0 Å². The van der Waals surface area contributed by atoms with Crippen molar-refractivity contribution in [3.63, 3.8) is 0 Å². The quantitative estimate of drug-likeness (QED) is 0.712. The number of hydrogen-bond acceptors (Lipinski definition) is 7. The summed E-state index contributed by atoms with van der Waals surface area (Å²) in [6, 6.07) is 9.99. The SMILES string of the molecule is C[C@@H](C1COC1)n1cc(C(=O)NCc2nnc(-c3ccccc3)s2)nn1. The van der Waals surface area contributed by atoms with Gasteiger partial charge >= 0.3 is 0 Å². The fraction of sp³-hybridized carbons (Fsp3) is 0.353. The van der Waals surface area contributed by atoms with E-state index in [0.717, 1.165) is 28.8 Å². The van der Waals surface area contributed by atoms with Gasteiger partial charge in [-0.05, 0) is 6.92 Å². The number of hydrogen-bond donors (Lipinski definition) is 1. The molecular formula is C17H18N6O2S. The molecule has 0 radical (unpaired) electrons. The highest BCUT2D eigenvalue weighted by Crippen LogP contribution is 2.24. The van der Waals surface area contributed by atoms with Crippen LogP contribution in [0.25, 0.3) is 10.6 Å². The van der Waals surface area contributed by atoms with E-state index < -0.39 is 0 Å². The van der Waals surface area contributed by atoms with Gasteiger partial charge in [-0.2, -0.15) is 0 Å². The zero-order valence-corrected chi connectivity index (χ0v) is 15.0. The highest BCUT2D eigenvalue weighted by molar-refractivity contribution is 7.14. The second kappa shape index (κ2) is 7.30. The minimum absolute atomic E-state index is 0.161. The lowest BCUT2D eigenvalue weighted by Gasteiger charge is -2.31. The van der Waals surface area contributed by atoms with Crippen molar-refractivity contribution in [2.24, 2.45) is 5.92 Å². The number of benzene rings is 1. The van der Waals surface area contributed by atoms with Gasteiger partial charge in [0.25, 0.3) is 5.91 Å². The summed E-state index contributed by atoms with van der Waals surface area (Å²) in [5.74, 6) is 0.148. The summed E-state index contributed by atoms with van der Waals surface area (Å²) in [4.78, 5) is 12.3. The molecule has 1 N–H and O–H groups in total. The molecule has 3 heterocycles. The Morgan fingerprint density at radius 3 is 2.85 bits per heavy atom. The number of nitrogens with one attached hydrogen (secondary N) is 1. The van der Waals surface area contributed by atoms with Gasteiger partial charge in [-0.25, -0.2) is 4.68 Å². The lowest BCUT2D eigenvalue weighted by molar-refractivity contribution is -0.0558. The number of nitrogens with zero attached hydrogens (tertiary/aromatic N) is 5. The summed E-state index contributed by atoms with van der Waals surface area (Å²) in [7, 11) is 0. The summed E-state index contributed by atoms with van der Waals surface area (Å²) in [5.41, 5.74) is 1.31. The number of carbonyl (C=O) groups is 1. The molecule has 134 valence electrons. The zero-order chi connectivity index (χ0) is 17.9. The predicted molar refractivity (Wildman–Crippen MR) is 95.6 cm³/mol. The third-order valence-electron chi connectivity index (χ3n) is 4.39. The second-order valence-electron chi connectivity index (χ2n) is 6.17. The summed E-state index contributed by atoms with van der Waals surface area (Å²) < 4.78 is 6.92. The van der Waals surface area contributed by atoms with Crippen LogP contribution in [-0.2, 0) is 11.3 Å². The lowest BCUT2D eigenvalue weighted by atomic mass is 10.0. The van der Waals surface area contributed by atoms with Crippen molar-refractivity contribution in [1.82, 2.24) is 30.5 Å². The summed E-state index contributed by atoms with van der Waals surface area (Å²) in [5, 5.41) is 20.7. The van der Waals surface area contributed by atoms with Crippen LogP contribution in [0.2, 0.25) is 0 Å². The van der Waals surface area contributed by atoms with Gasteiger partial charge < -0.3 is 10.1 Å². The van der Waals surface area contributed by atoms with Crippen LogP contribution in [0, 0.1) is 5.92 Å². The molecular weight excluding hydrogens is 352 g/mol. The van der Waals surface area contributed by atoms with Crippen LogP contribution in [0.15, 0.2) is 36.5 Å². The van der Waals surface area contributed by atoms with Gasteiger partial charge in [0.2, 0.25) is 0 Å². The van der Waals surface area contributed by atoms with Gasteiger partial charge in [0.15, 0.2) is 5.69 Å². The van der Waals surface area contributed by atoms with Crippen LogP contribution in [-0.4, -0.2) is 44.3 Å². The average molecular weight is 370 g/mol. The van der Waals surface area contributed by atoms with Crippen molar-refractivity contribution in [3.05, 3.63) is 47.2 Å². The minimum atomic E-state index is -0.273. The maximum absolute atomic E-state index is 12.3. The average Bonchev–Trinajstić information content (AvgIpc) is 3.29. The molecule has 3 aromatic rings. The third kappa shape index (κ3) is 3.49. The Kier molecular flexibility index (Phi) is 4.72. The molecule has 0 aliphatic carbocycles. The Morgan fingerprint density at radius 2 is 2.12 bits per heavy atom. The Labute approximate surface area is 154 Å². The molecule has 4 rings (SSSR count). The maximum atomic E-state index is 12.3. The molecule has 1 amide bonds. The first-order valence-corrected chi connectivity index (χ1v) is 9.18. The number of amides is 1. The van der Waals surface area contributed by atoms with E-state index in [9.17, 15) is 4.79 Å². The van der Waals surface area contributed by atoms with E-state index in [0.29, 0.717) is 18.2 Å². The maximum Gasteiger partial charge on any atom is 0.273 e.